The number of hydrazone groups is 1. The van der Waals surface area contributed by atoms with Gasteiger partial charge in [0.25, 0.3) is 0 Å². The van der Waals surface area contributed by atoms with Gasteiger partial charge in [-0.2, -0.15) is 5.10 Å². The number of rotatable bonds is 7. The SMILES string of the molecule is COc1cc(C=NNc2ccccc2C(=O)O)ccc1OC(=O)c1ccccc1. The number of nitrogens with zero attached hydrogens (tertiary/aromatic N) is 1. The molecule has 0 amide bonds. The van der Waals surface area contributed by atoms with E-state index in [0.717, 1.165) is 0 Å². The smallest absolute Gasteiger partial charge is 0.343 e. The van der Waals surface area contributed by atoms with Crippen LogP contribution in [0.15, 0.2) is 77.9 Å². The fourth-order valence-electron chi connectivity index (χ4n) is 2.53. The molecular formula is C22H18N2O5. The molecule has 2 N–H and O–H groups in total. The topological polar surface area (TPSA) is 97.2 Å². The number of hydrogen-bond donors (Lipinski definition) is 2. The van der Waals surface area contributed by atoms with Gasteiger partial charge in [-0.15, -0.1) is 0 Å². The van der Waals surface area contributed by atoms with Crippen molar-refractivity contribution in [2.45, 2.75) is 0 Å². The van der Waals surface area contributed by atoms with Crippen LogP contribution in [-0.2, 0) is 0 Å². The molecule has 0 unspecified atom stereocenters. The number of aromatic carboxylic acids is 1. The summed E-state index contributed by atoms with van der Waals surface area (Å²) < 4.78 is 10.7. The fraction of sp³-hybridized carbons (Fsp3) is 0.0455. The Bertz CT molecular complexity index is 1050. The Morgan fingerprint density at radius 3 is 2.41 bits per heavy atom. The van der Waals surface area contributed by atoms with Crippen LogP contribution in [0.1, 0.15) is 26.3 Å². The number of carboxylic acid groups (broad SMARTS) is 1. The highest BCUT2D eigenvalue weighted by atomic mass is 16.6. The number of benzene rings is 3. The molecule has 0 saturated heterocycles. The fourth-order valence-corrected chi connectivity index (χ4v) is 2.53. The lowest BCUT2D eigenvalue weighted by Crippen LogP contribution is -2.09. The van der Waals surface area contributed by atoms with Crippen molar-refractivity contribution in [3.8, 4) is 11.5 Å². The van der Waals surface area contributed by atoms with Gasteiger partial charge in [-0.25, -0.2) is 9.59 Å². The lowest BCUT2D eigenvalue weighted by Gasteiger charge is -2.10. The van der Waals surface area contributed by atoms with E-state index in [4.69, 9.17) is 9.47 Å². The Hall–Kier alpha value is -4.13. The molecule has 29 heavy (non-hydrogen) atoms. The van der Waals surface area contributed by atoms with Crippen LogP contribution in [0.4, 0.5) is 5.69 Å². The molecule has 0 atom stereocenters. The average Bonchev–Trinajstić information content (AvgIpc) is 2.75. The molecule has 3 aromatic carbocycles. The van der Waals surface area contributed by atoms with Crippen molar-refractivity contribution in [3.05, 3.63) is 89.5 Å². The Morgan fingerprint density at radius 1 is 0.966 bits per heavy atom. The molecule has 7 heteroatoms. The highest BCUT2D eigenvalue weighted by Gasteiger charge is 2.12. The standard InChI is InChI=1S/C22H18N2O5/c1-28-20-13-15(14-23-24-18-10-6-5-9-17(18)21(25)26)11-12-19(20)29-22(27)16-7-3-2-4-8-16/h2-14,24H,1H3,(H,25,26). The van der Waals surface area contributed by atoms with Crippen LogP contribution in [-0.4, -0.2) is 30.4 Å². The number of carbonyl (C=O) groups excluding carboxylic acids is 1. The largest absolute Gasteiger partial charge is 0.493 e. The second-order valence-corrected chi connectivity index (χ2v) is 5.89. The van der Waals surface area contributed by atoms with E-state index in [1.807, 2.05) is 6.07 Å². The van der Waals surface area contributed by atoms with Crippen molar-refractivity contribution in [2.75, 3.05) is 12.5 Å². The predicted molar refractivity (Wildman–Crippen MR) is 109 cm³/mol. The maximum Gasteiger partial charge on any atom is 0.343 e. The predicted octanol–water partition coefficient (Wildman–Crippen LogP) is 4.06. The van der Waals surface area contributed by atoms with Crippen molar-refractivity contribution < 1.29 is 24.2 Å². The molecule has 0 radical (unpaired) electrons. The van der Waals surface area contributed by atoms with Crippen LogP contribution in [0.25, 0.3) is 0 Å². The zero-order valence-corrected chi connectivity index (χ0v) is 15.5. The third-order valence-corrected chi connectivity index (χ3v) is 3.96. The number of hydrogen-bond acceptors (Lipinski definition) is 6. The van der Waals surface area contributed by atoms with E-state index in [0.29, 0.717) is 22.6 Å². The third kappa shape index (κ3) is 4.98. The summed E-state index contributed by atoms with van der Waals surface area (Å²) in [5, 5.41) is 13.3. The normalized spacial score (nSPS) is 10.5. The second kappa shape index (κ2) is 9.18. The van der Waals surface area contributed by atoms with Crippen LogP contribution in [0.3, 0.4) is 0 Å². The monoisotopic (exact) mass is 390 g/mol. The van der Waals surface area contributed by atoms with E-state index in [2.05, 4.69) is 10.5 Å². The molecule has 0 heterocycles. The van der Waals surface area contributed by atoms with Gasteiger partial charge in [0.1, 0.15) is 0 Å². The summed E-state index contributed by atoms with van der Waals surface area (Å²) >= 11 is 0. The summed E-state index contributed by atoms with van der Waals surface area (Å²) in [6.07, 6.45) is 1.50. The Kier molecular flexibility index (Phi) is 6.22. The van der Waals surface area contributed by atoms with Gasteiger partial charge in [0.15, 0.2) is 11.5 Å². The highest BCUT2D eigenvalue weighted by Crippen LogP contribution is 2.28. The van der Waals surface area contributed by atoms with Gasteiger partial charge in [-0.05, 0) is 48.0 Å². The van der Waals surface area contributed by atoms with Gasteiger partial charge in [-0.3, -0.25) is 5.43 Å². The van der Waals surface area contributed by atoms with E-state index < -0.39 is 11.9 Å². The number of anilines is 1. The number of nitrogens with one attached hydrogen (secondary N) is 1. The number of para-hydroxylation sites is 1. The van der Waals surface area contributed by atoms with E-state index in [1.54, 1.807) is 60.7 Å². The summed E-state index contributed by atoms with van der Waals surface area (Å²) in [7, 11) is 1.47. The molecule has 0 aliphatic rings. The Labute approximate surface area is 167 Å². The van der Waals surface area contributed by atoms with Crippen LogP contribution >= 0.6 is 0 Å². The minimum atomic E-state index is -1.05. The second-order valence-electron chi connectivity index (χ2n) is 5.89. The van der Waals surface area contributed by atoms with Crippen LogP contribution < -0.4 is 14.9 Å². The number of ether oxygens (including phenoxy) is 2. The van der Waals surface area contributed by atoms with Gasteiger partial charge in [-0.1, -0.05) is 30.3 Å². The Morgan fingerprint density at radius 2 is 1.69 bits per heavy atom. The zero-order valence-electron chi connectivity index (χ0n) is 15.5. The number of methoxy groups -OCH3 is 1. The van der Waals surface area contributed by atoms with E-state index in [-0.39, 0.29) is 11.3 Å². The van der Waals surface area contributed by atoms with Gasteiger partial charge in [0.2, 0.25) is 0 Å². The van der Waals surface area contributed by atoms with Crippen molar-refractivity contribution in [1.29, 1.82) is 0 Å². The van der Waals surface area contributed by atoms with E-state index >= 15 is 0 Å². The molecule has 0 aliphatic heterocycles. The number of esters is 1. The molecule has 0 saturated carbocycles. The van der Waals surface area contributed by atoms with Gasteiger partial charge in [0.05, 0.1) is 30.1 Å². The quantitative estimate of drug-likeness (QED) is 0.273. The lowest BCUT2D eigenvalue weighted by molar-refractivity contribution is 0.0695. The van der Waals surface area contributed by atoms with Gasteiger partial charge >= 0.3 is 11.9 Å². The van der Waals surface area contributed by atoms with Crippen molar-refractivity contribution in [3.63, 3.8) is 0 Å². The molecule has 146 valence electrons. The number of carboxylic acids is 1. The van der Waals surface area contributed by atoms with Crippen LogP contribution in [0.2, 0.25) is 0 Å². The first kappa shape index (κ1) is 19.6. The van der Waals surface area contributed by atoms with Crippen LogP contribution in [0.5, 0.6) is 11.5 Å². The maximum atomic E-state index is 12.2. The summed E-state index contributed by atoms with van der Waals surface area (Å²) in [5.74, 6) is -0.890. The summed E-state index contributed by atoms with van der Waals surface area (Å²) in [4.78, 5) is 23.4. The van der Waals surface area contributed by atoms with Crippen LogP contribution in [0, 0.1) is 0 Å². The first-order valence-electron chi connectivity index (χ1n) is 8.65. The minimum Gasteiger partial charge on any atom is -0.493 e. The summed E-state index contributed by atoms with van der Waals surface area (Å²) in [6.45, 7) is 0. The zero-order chi connectivity index (χ0) is 20.6. The maximum absolute atomic E-state index is 12.2. The lowest BCUT2D eigenvalue weighted by atomic mass is 10.2. The highest BCUT2D eigenvalue weighted by molar-refractivity contribution is 5.94. The first-order valence-corrected chi connectivity index (χ1v) is 8.65. The van der Waals surface area contributed by atoms with Crippen molar-refractivity contribution in [1.82, 2.24) is 0 Å². The molecular weight excluding hydrogens is 372 g/mol. The van der Waals surface area contributed by atoms with Crippen molar-refractivity contribution >= 4 is 23.8 Å². The molecule has 0 aromatic heterocycles. The molecule has 0 aliphatic carbocycles. The van der Waals surface area contributed by atoms with Crippen molar-refractivity contribution in [2.24, 2.45) is 5.10 Å². The summed E-state index contributed by atoms with van der Waals surface area (Å²) in [5.41, 5.74) is 4.30. The minimum absolute atomic E-state index is 0.116. The molecule has 0 bridgehead atoms. The van der Waals surface area contributed by atoms with Gasteiger partial charge < -0.3 is 14.6 Å². The molecule has 3 aromatic rings. The molecule has 0 fully saturated rings. The van der Waals surface area contributed by atoms with E-state index in [1.165, 1.54) is 19.4 Å². The molecule has 3 rings (SSSR count). The molecule has 7 nitrogen and oxygen atoms in total. The van der Waals surface area contributed by atoms with Gasteiger partial charge in [0, 0.05) is 0 Å². The first-order chi connectivity index (χ1) is 14.1. The Balaban J connectivity index is 1.73. The average molecular weight is 390 g/mol. The number of carbonyl (C=O) groups is 2. The molecule has 0 spiro atoms. The summed E-state index contributed by atoms with van der Waals surface area (Å²) in [6, 6.07) is 20.1. The third-order valence-electron chi connectivity index (χ3n) is 3.96. The van der Waals surface area contributed by atoms with E-state index in [9.17, 15) is 14.7 Å².